The van der Waals surface area contributed by atoms with Crippen LogP contribution in [0.5, 0.6) is 0 Å². The van der Waals surface area contributed by atoms with Crippen molar-refractivity contribution in [2.75, 3.05) is 5.32 Å². The van der Waals surface area contributed by atoms with Crippen molar-refractivity contribution in [3.8, 4) is 11.3 Å². The van der Waals surface area contributed by atoms with Crippen LogP contribution < -0.4 is 5.32 Å². The first-order valence-corrected chi connectivity index (χ1v) is 8.87. The van der Waals surface area contributed by atoms with Crippen molar-refractivity contribution < 1.29 is 18.0 Å². The minimum atomic E-state index is -4.67. The Morgan fingerprint density at radius 3 is 2.60 bits per heavy atom. The molecule has 1 amide bonds. The Hall–Kier alpha value is -2.26. The molecule has 9 heteroatoms. The minimum absolute atomic E-state index is 0.236. The van der Waals surface area contributed by atoms with Gasteiger partial charge in [0.25, 0.3) is 5.91 Å². The van der Waals surface area contributed by atoms with Crippen molar-refractivity contribution in [2.24, 2.45) is 0 Å². The van der Waals surface area contributed by atoms with E-state index in [1.165, 1.54) is 0 Å². The van der Waals surface area contributed by atoms with Gasteiger partial charge in [0.2, 0.25) is 0 Å². The second kappa shape index (κ2) is 6.57. The largest absolute Gasteiger partial charge is 0.434 e. The Bertz CT molecular complexity index is 931. The third-order valence-corrected chi connectivity index (χ3v) is 5.15. The third-order valence-electron chi connectivity index (χ3n) is 3.57. The molecule has 0 aliphatic rings. The lowest BCUT2D eigenvalue weighted by molar-refractivity contribution is -0.141. The van der Waals surface area contributed by atoms with Gasteiger partial charge in [0.05, 0.1) is 11.2 Å². The minimum Gasteiger partial charge on any atom is -0.297 e. The lowest BCUT2D eigenvalue weighted by Crippen LogP contribution is -2.17. The Balaban J connectivity index is 1.81. The summed E-state index contributed by atoms with van der Waals surface area (Å²) in [6.45, 7) is 3.98. The highest BCUT2D eigenvalue weighted by molar-refractivity contribution is 7.14. The molecule has 0 spiro atoms. The van der Waals surface area contributed by atoms with Crippen molar-refractivity contribution in [3.05, 3.63) is 50.8 Å². The molecule has 0 unspecified atom stereocenters. The van der Waals surface area contributed by atoms with E-state index in [9.17, 15) is 18.0 Å². The summed E-state index contributed by atoms with van der Waals surface area (Å²) in [6.07, 6.45) is -4.67. The maximum atomic E-state index is 12.8. The average Bonchev–Trinajstić information content (AvgIpc) is 3.18. The number of thiazole rings is 2. The fraction of sp³-hybridized carbons (Fsp3) is 0.188. The molecule has 2 aromatic heterocycles. The summed E-state index contributed by atoms with van der Waals surface area (Å²) < 4.78 is 38.5. The number of rotatable bonds is 3. The molecule has 130 valence electrons. The molecule has 1 aromatic carbocycles. The highest BCUT2D eigenvalue weighted by Crippen LogP contribution is 2.33. The number of carbonyl (C=O) groups is 1. The maximum absolute atomic E-state index is 12.8. The van der Waals surface area contributed by atoms with E-state index in [1.54, 1.807) is 5.38 Å². The van der Waals surface area contributed by atoms with Gasteiger partial charge in [-0.25, -0.2) is 9.97 Å². The molecule has 3 rings (SSSR count). The van der Waals surface area contributed by atoms with E-state index in [0.29, 0.717) is 17.0 Å². The van der Waals surface area contributed by atoms with Gasteiger partial charge >= 0.3 is 6.18 Å². The number of alkyl halides is 3. The van der Waals surface area contributed by atoms with E-state index in [2.05, 4.69) is 15.3 Å². The summed E-state index contributed by atoms with van der Waals surface area (Å²) >= 11 is 1.80. The summed E-state index contributed by atoms with van der Waals surface area (Å²) in [5.41, 5.74) is 3.62. The van der Waals surface area contributed by atoms with Crippen LogP contribution in [0.25, 0.3) is 11.3 Å². The number of anilines is 1. The molecule has 1 N–H and O–H groups in total. The zero-order chi connectivity index (χ0) is 18.2. The van der Waals surface area contributed by atoms with Gasteiger partial charge in [-0.2, -0.15) is 13.2 Å². The first-order chi connectivity index (χ1) is 11.8. The van der Waals surface area contributed by atoms with Gasteiger partial charge in [0.15, 0.2) is 10.8 Å². The molecule has 0 radical (unpaired) electrons. The van der Waals surface area contributed by atoms with Crippen molar-refractivity contribution >= 4 is 33.7 Å². The summed E-state index contributed by atoms with van der Waals surface area (Å²) in [5.74, 6) is -0.865. The monoisotopic (exact) mass is 383 g/mol. The van der Waals surface area contributed by atoms with Crippen molar-refractivity contribution in [1.29, 1.82) is 0 Å². The number of nitrogens with zero attached hydrogens (tertiary/aromatic N) is 2. The number of aromatic nitrogens is 2. The van der Waals surface area contributed by atoms with E-state index < -0.39 is 22.7 Å². The molecule has 0 atom stereocenters. The van der Waals surface area contributed by atoms with Gasteiger partial charge in [-0.3, -0.25) is 10.1 Å². The summed E-state index contributed by atoms with van der Waals surface area (Å²) in [5, 5.41) is 4.39. The third kappa shape index (κ3) is 3.72. The fourth-order valence-electron chi connectivity index (χ4n) is 2.13. The lowest BCUT2D eigenvalue weighted by atomic mass is 10.1. The van der Waals surface area contributed by atoms with Crippen LogP contribution in [0.1, 0.15) is 26.5 Å². The van der Waals surface area contributed by atoms with E-state index in [0.717, 1.165) is 33.5 Å². The first kappa shape index (κ1) is 17.6. The zero-order valence-electron chi connectivity index (χ0n) is 13.1. The zero-order valence-corrected chi connectivity index (χ0v) is 14.8. The normalized spacial score (nSPS) is 11.6. The van der Waals surface area contributed by atoms with Gasteiger partial charge in [-0.05, 0) is 31.0 Å². The Kier molecular flexibility index (Phi) is 4.61. The molecule has 0 fully saturated rings. The predicted molar refractivity (Wildman–Crippen MR) is 92.1 cm³/mol. The number of aryl methyl sites for hydroxylation is 2. The number of amides is 1. The Morgan fingerprint density at radius 1 is 1.16 bits per heavy atom. The van der Waals surface area contributed by atoms with Crippen LogP contribution in [0, 0.1) is 13.8 Å². The average molecular weight is 383 g/mol. The molecular weight excluding hydrogens is 371 g/mol. The first-order valence-electron chi connectivity index (χ1n) is 7.11. The predicted octanol–water partition coefficient (Wildman–Crippen LogP) is 5.15. The van der Waals surface area contributed by atoms with Crippen LogP contribution in [0.15, 0.2) is 29.1 Å². The van der Waals surface area contributed by atoms with E-state index in [1.807, 2.05) is 32.0 Å². The molecule has 2 heterocycles. The topological polar surface area (TPSA) is 54.9 Å². The van der Waals surface area contributed by atoms with Gasteiger partial charge < -0.3 is 0 Å². The second-order valence-corrected chi connectivity index (χ2v) is 7.03. The Morgan fingerprint density at radius 2 is 1.92 bits per heavy atom. The number of nitrogens with one attached hydrogen (secondary N) is 1. The van der Waals surface area contributed by atoms with Gasteiger partial charge in [0, 0.05) is 10.9 Å². The number of hydrogen-bond acceptors (Lipinski definition) is 5. The Labute approximate surface area is 149 Å². The molecule has 4 nitrogen and oxygen atoms in total. The number of hydrogen-bond donors (Lipinski definition) is 1. The second-order valence-electron chi connectivity index (χ2n) is 5.32. The molecule has 0 aliphatic heterocycles. The SMILES string of the molecule is Cc1ccc(-c2csc(NC(=O)c3scnc3C(F)(F)F)n2)cc1C. The molecule has 25 heavy (non-hydrogen) atoms. The van der Waals surface area contributed by atoms with Gasteiger partial charge in [-0.15, -0.1) is 22.7 Å². The van der Waals surface area contributed by atoms with Gasteiger partial charge in [0.1, 0.15) is 4.88 Å². The van der Waals surface area contributed by atoms with Crippen LogP contribution in [0.3, 0.4) is 0 Å². The van der Waals surface area contributed by atoms with Crippen LogP contribution in [0.4, 0.5) is 18.3 Å². The molecule has 0 bridgehead atoms. The summed E-state index contributed by atoms with van der Waals surface area (Å²) in [7, 11) is 0. The summed E-state index contributed by atoms with van der Waals surface area (Å²) in [4.78, 5) is 19.2. The van der Waals surface area contributed by atoms with Crippen molar-refractivity contribution in [2.45, 2.75) is 20.0 Å². The molecule has 0 aliphatic carbocycles. The van der Waals surface area contributed by atoms with Crippen LogP contribution in [-0.2, 0) is 6.18 Å². The van der Waals surface area contributed by atoms with E-state index in [4.69, 9.17) is 0 Å². The number of benzene rings is 1. The summed E-state index contributed by atoms with van der Waals surface area (Å²) in [6, 6.07) is 5.85. The highest BCUT2D eigenvalue weighted by atomic mass is 32.1. The smallest absolute Gasteiger partial charge is 0.297 e. The molecule has 3 aromatic rings. The molecular formula is C16H12F3N3OS2. The van der Waals surface area contributed by atoms with E-state index >= 15 is 0 Å². The van der Waals surface area contributed by atoms with E-state index in [-0.39, 0.29) is 5.13 Å². The van der Waals surface area contributed by atoms with Crippen LogP contribution in [-0.4, -0.2) is 15.9 Å². The van der Waals surface area contributed by atoms with Gasteiger partial charge in [-0.1, -0.05) is 12.1 Å². The van der Waals surface area contributed by atoms with Crippen molar-refractivity contribution in [3.63, 3.8) is 0 Å². The fourth-order valence-corrected chi connectivity index (χ4v) is 3.54. The molecule has 0 saturated carbocycles. The quantitative estimate of drug-likeness (QED) is 0.680. The maximum Gasteiger partial charge on any atom is 0.434 e. The van der Waals surface area contributed by atoms with Crippen LogP contribution >= 0.6 is 22.7 Å². The lowest BCUT2D eigenvalue weighted by Gasteiger charge is -2.05. The van der Waals surface area contributed by atoms with Crippen LogP contribution in [0.2, 0.25) is 0 Å². The number of carbonyl (C=O) groups excluding carboxylic acids is 1. The van der Waals surface area contributed by atoms with Crippen molar-refractivity contribution in [1.82, 2.24) is 9.97 Å². The number of halogens is 3. The standard InChI is InChI=1S/C16H12F3N3OS2/c1-8-3-4-10(5-9(8)2)11-6-24-15(21-11)22-14(23)12-13(16(17,18)19)20-7-25-12/h3-7H,1-2H3,(H,21,22,23). The highest BCUT2D eigenvalue weighted by Gasteiger charge is 2.38. The molecule has 0 saturated heterocycles.